The highest BCUT2D eigenvalue weighted by Gasteiger charge is 2.16. The molecule has 0 spiro atoms. The quantitative estimate of drug-likeness (QED) is 0.886. The number of nitrogens with zero attached hydrogens (tertiary/aromatic N) is 4. The number of hydrogen-bond acceptors (Lipinski definition) is 5. The highest BCUT2D eigenvalue weighted by molar-refractivity contribution is 7.10. The lowest BCUT2D eigenvalue weighted by Crippen LogP contribution is -2.30. The number of thiophene rings is 1. The molecular weight excluding hydrogens is 298 g/mol. The van der Waals surface area contributed by atoms with Crippen LogP contribution in [0.15, 0.2) is 11.4 Å². The largest absolute Gasteiger partial charge is 0.345 e. The van der Waals surface area contributed by atoms with Gasteiger partial charge in [0.15, 0.2) is 5.82 Å². The summed E-state index contributed by atoms with van der Waals surface area (Å²) < 4.78 is 0. The van der Waals surface area contributed by atoms with E-state index in [-0.39, 0.29) is 11.8 Å². The minimum atomic E-state index is 0.0545. The van der Waals surface area contributed by atoms with Crippen LogP contribution in [-0.4, -0.2) is 45.0 Å². The molecule has 0 radical (unpaired) electrons. The third kappa shape index (κ3) is 4.01. The van der Waals surface area contributed by atoms with Crippen LogP contribution in [0.2, 0.25) is 5.02 Å². The molecule has 1 amide bonds. The summed E-state index contributed by atoms with van der Waals surface area (Å²) in [6.45, 7) is 2.54. The molecule has 0 aliphatic heterocycles. The van der Waals surface area contributed by atoms with E-state index in [1.54, 1.807) is 23.3 Å². The van der Waals surface area contributed by atoms with Gasteiger partial charge in [-0.1, -0.05) is 23.7 Å². The molecule has 1 N–H and O–H groups in total. The van der Waals surface area contributed by atoms with Crippen molar-refractivity contribution in [3.8, 4) is 0 Å². The van der Waals surface area contributed by atoms with Crippen molar-refractivity contribution in [2.45, 2.75) is 25.7 Å². The van der Waals surface area contributed by atoms with Crippen LogP contribution in [-0.2, 0) is 11.2 Å². The molecule has 1 atom stereocenters. The number of aromatic nitrogens is 4. The first-order valence-corrected chi connectivity index (χ1v) is 7.52. The Bertz CT molecular complexity index is 556. The average Bonchev–Trinajstić information content (AvgIpc) is 3.06. The Morgan fingerprint density at radius 2 is 2.40 bits per heavy atom. The second-order valence-electron chi connectivity index (χ2n) is 4.68. The molecule has 0 saturated carbocycles. The van der Waals surface area contributed by atoms with Gasteiger partial charge in [0.25, 0.3) is 0 Å². The van der Waals surface area contributed by atoms with Gasteiger partial charge >= 0.3 is 0 Å². The van der Waals surface area contributed by atoms with Crippen molar-refractivity contribution in [1.82, 2.24) is 25.5 Å². The van der Waals surface area contributed by atoms with Gasteiger partial charge in [0.1, 0.15) is 0 Å². The second-order valence-corrected chi connectivity index (χ2v) is 6.11. The molecule has 108 valence electrons. The van der Waals surface area contributed by atoms with Crippen LogP contribution in [0, 0.1) is 0 Å². The molecule has 0 unspecified atom stereocenters. The van der Waals surface area contributed by atoms with Crippen molar-refractivity contribution in [2.75, 3.05) is 13.6 Å². The standard InChI is InChI=1S/C12H16ClN5OS/c1-8(12-14-16-17-15-12)6-18(2)11(19)4-3-10-5-9(13)7-20-10/h5,7-8H,3-4,6H2,1-2H3,(H,14,15,16,17)/t8-/m1/s1. The van der Waals surface area contributed by atoms with Gasteiger partial charge in [-0.15, -0.1) is 21.5 Å². The summed E-state index contributed by atoms with van der Waals surface area (Å²) >= 11 is 7.44. The average molecular weight is 314 g/mol. The second kappa shape index (κ2) is 6.81. The summed E-state index contributed by atoms with van der Waals surface area (Å²) in [7, 11) is 1.79. The van der Waals surface area contributed by atoms with Crippen molar-refractivity contribution < 1.29 is 4.79 Å². The van der Waals surface area contributed by atoms with E-state index < -0.39 is 0 Å². The minimum Gasteiger partial charge on any atom is -0.345 e. The van der Waals surface area contributed by atoms with Crippen LogP contribution in [0.5, 0.6) is 0 Å². The lowest BCUT2D eigenvalue weighted by molar-refractivity contribution is -0.130. The van der Waals surface area contributed by atoms with Gasteiger partial charge in [-0.2, -0.15) is 5.21 Å². The van der Waals surface area contributed by atoms with Gasteiger partial charge in [-0.3, -0.25) is 4.79 Å². The Morgan fingerprint density at radius 3 is 3.00 bits per heavy atom. The van der Waals surface area contributed by atoms with E-state index in [4.69, 9.17) is 11.6 Å². The first-order valence-electron chi connectivity index (χ1n) is 6.26. The summed E-state index contributed by atoms with van der Waals surface area (Å²) in [6, 6.07) is 1.90. The molecule has 0 aromatic carbocycles. The molecule has 0 fully saturated rings. The van der Waals surface area contributed by atoms with Gasteiger partial charge in [-0.25, -0.2) is 0 Å². The summed E-state index contributed by atoms with van der Waals surface area (Å²) in [5.74, 6) is 0.776. The molecule has 0 bridgehead atoms. The lowest BCUT2D eigenvalue weighted by atomic mass is 10.1. The van der Waals surface area contributed by atoms with Crippen molar-refractivity contribution in [3.05, 3.63) is 27.2 Å². The Morgan fingerprint density at radius 1 is 1.60 bits per heavy atom. The van der Waals surface area contributed by atoms with Crippen LogP contribution in [0.4, 0.5) is 0 Å². The number of halogens is 1. The molecule has 2 rings (SSSR count). The monoisotopic (exact) mass is 313 g/mol. The molecule has 8 heteroatoms. The van der Waals surface area contributed by atoms with E-state index in [0.717, 1.165) is 16.3 Å². The number of nitrogens with one attached hydrogen (secondary N) is 1. The maximum Gasteiger partial charge on any atom is 0.222 e. The normalized spacial score (nSPS) is 12.3. The number of amides is 1. The highest BCUT2D eigenvalue weighted by atomic mass is 35.5. The molecule has 2 heterocycles. The zero-order chi connectivity index (χ0) is 14.5. The van der Waals surface area contributed by atoms with E-state index in [1.807, 2.05) is 18.4 Å². The SMILES string of the molecule is C[C@H](CN(C)C(=O)CCc1cc(Cl)cs1)c1nn[nH]n1. The van der Waals surface area contributed by atoms with E-state index in [1.165, 1.54) is 0 Å². The van der Waals surface area contributed by atoms with E-state index in [9.17, 15) is 4.79 Å². The number of carbonyl (C=O) groups is 1. The Kier molecular flexibility index (Phi) is 5.08. The van der Waals surface area contributed by atoms with Crippen molar-refractivity contribution in [2.24, 2.45) is 0 Å². The molecule has 0 aliphatic carbocycles. The Hall–Kier alpha value is -1.47. The van der Waals surface area contributed by atoms with Gasteiger partial charge in [-0.05, 0) is 12.5 Å². The predicted octanol–water partition coefficient (Wildman–Crippen LogP) is 2.11. The molecular formula is C12H16ClN5OS. The van der Waals surface area contributed by atoms with Crippen LogP contribution < -0.4 is 0 Å². The molecule has 2 aromatic heterocycles. The zero-order valence-corrected chi connectivity index (χ0v) is 12.9. The van der Waals surface area contributed by atoms with Gasteiger partial charge < -0.3 is 4.90 Å². The van der Waals surface area contributed by atoms with Crippen LogP contribution in [0.1, 0.15) is 30.0 Å². The van der Waals surface area contributed by atoms with E-state index >= 15 is 0 Å². The van der Waals surface area contributed by atoms with E-state index in [0.29, 0.717) is 18.8 Å². The fourth-order valence-electron chi connectivity index (χ4n) is 1.88. The smallest absolute Gasteiger partial charge is 0.222 e. The number of rotatable bonds is 6. The summed E-state index contributed by atoms with van der Waals surface area (Å²) in [4.78, 5) is 14.9. The molecule has 0 saturated heterocycles. The Labute approximate surface area is 126 Å². The van der Waals surface area contributed by atoms with Crippen molar-refractivity contribution in [3.63, 3.8) is 0 Å². The van der Waals surface area contributed by atoms with E-state index in [2.05, 4.69) is 20.6 Å². The number of tetrazole rings is 1. The Balaban J connectivity index is 1.80. The predicted molar refractivity (Wildman–Crippen MR) is 77.9 cm³/mol. The van der Waals surface area contributed by atoms with Gasteiger partial charge in [0.2, 0.25) is 5.91 Å². The number of carbonyl (C=O) groups excluding carboxylic acids is 1. The molecule has 0 aliphatic rings. The number of aromatic amines is 1. The third-order valence-electron chi connectivity index (χ3n) is 2.98. The first kappa shape index (κ1) is 14.9. The highest BCUT2D eigenvalue weighted by Crippen LogP contribution is 2.20. The number of likely N-dealkylation sites (N-methyl/N-ethyl adjacent to an activating group) is 1. The molecule has 20 heavy (non-hydrogen) atoms. The fraction of sp³-hybridized carbons (Fsp3) is 0.500. The third-order valence-corrected chi connectivity index (χ3v) is 4.33. The summed E-state index contributed by atoms with van der Waals surface area (Å²) in [5, 5.41) is 16.4. The summed E-state index contributed by atoms with van der Waals surface area (Å²) in [6.07, 6.45) is 1.20. The lowest BCUT2D eigenvalue weighted by Gasteiger charge is -2.19. The van der Waals surface area contributed by atoms with Gasteiger partial charge in [0.05, 0.1) is 5.02 Å². The minimum absolute atomic E-state index is 0.0545. The number of H-pyrrole nitrogens is 1. The summed E-state index contributed by atoms with van der Waals surface area (Å²) in [5.41, 5.74) is 0. The van der Waals surface area contributed by atoms with Crippen molar-refractivity contribution >= 4 is 28.8 Å². The number of aryl methyl sites for hydroxylation is 1. The first-order chi connectivity index (χ1) is 9.56. The molecule has 6 nitrogen and oxygen atoms in total. The zero-order valence-electron chi connectivity index (χ0n) is 11.3. The maximum atomic E-state index is 12.1. The fourth-order valence-corrected chi connectivity index (χ4v) is 2.96. The maximum absolute atomic E-state index is 12.1. The molecule has 2 aromatic rings. The number of hydrogen-bond donors (Lipinski definition) is 1. The topological polar surface area (TPSA) is 74.8 Å². The van der Waals surface area contributed by atoms with Crippen LogP contribution in [0.3, 0.4) is 0 Å². The van der Waals surface area contributed by atoms with Crippen molar-refractivity contribution in [1.29, 1.82) is 0 Å². The van der Waals surface area contributed by atoms with Crippen LogP contribution in [0.25, 0.3) is 0 Å². The van der Waals surface area contributed by atoms with Crippen LogP contribution >= 0.6 is 22.9 Å². The van der Waals surface area contributed by atoms with Gasteiger partial charge in [0, 0.05) is 36.2 Å².